The third-order valence-electron chi connectivity index (χ3n) is 4.51. The Bertz CT molecular complexity index is 447. The lowest BCUT2D eigenvalue weighted by atomic mass is 9.83. The van der Waals surface area contributed by atoms with Crippen LogP contribution < -0.4 is 5.32 Å². The van der Waals surface area contributed by atoms with Crippen LogP contribution in [0.15, 0.2) is 24.3 Å². The van der Waals surface area contributed by atoms with Gasteiger partial charge in [-0.15, -0.1) is 0 Å². The minimum absolute atomic E-state index is 0.00717. The van der Waals surface area contributed by atoms with Gasteiger partial charge in [-0.25, -0.2) is 0 Å². The molecule has 1 aliphatic carbocycles. The van der Waals surface area contributed by atoms with Gasteiger partial charge < -0.3 is 5.11 Å². The van der Waals surface area contributed by atoms with Gasteiger partial charge in [-0.1, -0.05) is 57.4 Å². The van der Waals surface area contributed by atoms with Crippen LogP contribution in [0.1, 0.15) is 69.0 Å². The van der Waals surface area contributed by atoms with Gasteiger partial charge in [-0.05, 0) is 35.8 Å². The van der Waals surface area contributed by atoms with Gasteiger partial charge in [0.25, 0.3) is 0 Å². The molecule has 0 heterocycles. The number of aliphatic carboxylic acids is 1. The smallest absolute Gasteiger partial charge is 0.317 e. The van der Waals surface area contributed by atoms with Crippen molar-refractivity contribution in [3.8, 4) is 0 Å². The highest BCUT2D eigenvalue weighted by molar-refractivity contribution is 5.69. The summed E-state index contributed by atoms with van der Waals surface area (Å²) >= 11 is 0. The van der Waals surface area contributed by atoms with Gasteiger partial charge >= 0.3 is 5.97 Å². The molecule has 1 atom stereocenters. The van der Waals surface area contributed by atoms with Gasteiger partial charge in [0.2, 0.25) is 0 Å². The molecule has 0 bridgehead atoms. The summed E-state index contributed by atoms with van der Waals surface area (Å²) < 4.78 is 0. The highest BCUT2D eigenvalue weighted by Crippen LogP contribution is 2.33. The summed E-state index contributed by atoms with van der Waals surface area (Å²) in [6.07, 6.45) is 6.69. The second-order valence-electron chi connectivity index (χ2n) is 6.50. The van der Waals surface area contributed by atoms with Gasteiger partial charge in [0.1, 0.15) is 0 Å². The summed E-state index contributed by atoms with van der Waals surface area (Å²) in [6, 6.07) is 8.92. The summed E-state index contributed by atoms with van der Waals surface area (Å²) in [5.41, 5.74) is 2.63. The topological polar surface area (TPSA) is 49.3 Å². The molecule has 1 saturated carbocycles. The number of nitrogens with one attached hydrogen (secondary N) is 1. The second kappa shape index (κ2) is 7.60. The molecule has 3 nitrogen and oxygen atoms in total. The first-order chi connectivity index (χ1) is 10.1. The van der Waals surface area contributed by atoms with Crippen LogP contribution in [0.2, 0.25) is 0 Å². The fourth-order valence-corrected chi connectivity index (χ4v) is 3.35. The van der Waals surface area contributed by atoms with Crippen molar-refractivity contribution in [1.29, 1.82) is 0 Å². The van der Waals surface area contributed by atoms with Crippen molar-refractivity contribution in [3.05, 3.63) is 35.4 Å². The van der Waals surface area contributed by atoms with Crippen LogP contribution in [0.25, 0.3) is 0 Å². The van der Waals surface area contributed by atoms with Crippen LogP contribution in [0, 0.1) is 5.92 Å². The quantitative estimate of drug-likeness (QED) is 0.828. The van der Waals surface area contributed by atoms with Crippen molar-refractivity contribution in [1.82, 2.24) is 5.32 Å². The first-order valence-corrected chi connectivity index (χ1v) is 8.13. The predicted octanol–water partition coefficient (Wildman–Crippen LogP) is 4.11. The molecule has 0 aromatic heterocycles. The van der Waals surface area contributed by atoms with Gasteiger partial charge in [0.05, 0.1) is 6.54 Å². The SMILES string of the molecule is CC(C)C(NCC(=O)O)c1ccc(C2CCCCC2)cc1. The zero-order valence-electron chi connectivity index (χ0n) is 13.1. The summed E-state index contributed by atoms with van der Waals surface area (Å²) in [4.78, 5) is 10.8. The molecule has 21 heavy (non-hydrogen) atoms. The van der Waals surface area contributed by atoms with E-state index in [0.29, 0.717) is 5.92 Å². The lowest BCUT2D eigenvalue weighted by Gasteiger charge is -2.25. The van der Waals surface area contributed by atoms with E-state index in [4.69, 9.17) is 5.11 Å². The molecule has 2 N–H and O–H groups in total. The van der Waals surface area contributed by atoms with Gasteiger partial charge in [0, 0.05) is 6.04 Å². The highest BCUT2D eigenvalue weighted by Gasteiger charge is 2.18. The van der Waals surface area contributed by atoms with E-state index in [9.17, 15) is 4.79 Å². The van der Waals surface area contributed by atoms with E-state index in [0.717, 1.165) is 5.92 Å². The van der Waals surface area contributed by atoms with Crippen molar-refractivity contribution in [2.45, 2.75) is 57.9 Å². The first-order valence-electron chi connectivity index (χ1n) is 8.13. The monoisotopic (exact) mass is 289 g/mol. The van der Waals surface area contributed by atoms with Gasteiger partial charge in [-0.3, -0.25) is 10.1 Å². The molecule has 2 rings (SSSR count). The van der Waals surface area contributed by atoms with E-state index in [1.54, 1.807) is 0 Å². The third kappa shape index (κ3) is 4.57. The number of carboxylic acid groups (broad SMARTS) is 1. The highest BCUT2D eigenvalue weighted by atomic mass is 16.4. The molecule has 1 aromatic carbocycles. The molecule has 1 aromatic rings. The van der Waals surface area contributed by atoms with Crippen molar-refractivity contribution >= 4 is 5.97 Å². The molecule has 0 radical (unpaired) electrons. The Balaban J connectivity index is 2.05. The fraction of sp³-hybridized carbons (Fsp3) is 0.611. The first kappa shape index (κ1) is 16.0. The Morgan fingerprint density at radius 3 is 2.33 bits per heavy atom. The van der Waals surface area contributed by atoms with Crippen LogP contribution >= 0.6 is 0 Å². The lowest BCUT2D eigenvalue weighted by Crippen LogP contribution is -2.30. The Hall–Kier alpha value is -1.35. The normalized spacial score (nSPS) is 17.9. The lowest BCUT2D eigenvalue weighted by molar-refractivity contribution is -0.136. The van der Waals surface area contributed by atoms with E-state index < -0.39 is 5.97 Å². The Labute approximate surface area is 127 Å². The second-order valence-corrected chi connectivity index (χ2v) is 6.50. The zero-order valence-corrected chi connectivity index (χ0v) is 13.1. The molecular formula is C18H27NO2. The molecule has 0 aliphatic heterocycles. The third-order valence-corrected chi connectivity index (χ3v) is 4.51. The summed E-state index contributed by atoms with van der Waals surface area (Å²) in [5.74, 6) is 0.279. The fourth-order valence-electron chi connectivity index (χ4n) is 3.35. The van der Waals surface area contributed by atoms with Crippen molar-refractivity contribution in [3.63, 3.8) is 0 Å². The van der Waals surface area contributed by atoms with Crippen molar-refractivity contribution in [2.75, 3.05) is 6.54 Å². The summed E-state index contributed by atoms with van der Waals surface area (Å²) in [6.45, 7) is 4.25. The van der Waals surface area contributed by atoms with E-state index in [-0.39, 0.29) is 12.6 Å². The predicted molar refractivity (Wildman–Crippen MR) is 85.5 cm³/mol. The Morgan fingerprint density at radius 2 is 1.81 bits per heavy atom. The molecular weight excluding hydrogens is 262 g/mol. The molecule has 1 aliphatic rings. The number of rotatable bonds is 6. The van der Waals surface area contributed by atoms with E-state index in [1.807, 2.05) is 0 Å². The van der Waals surface area contributed by atoms with Crippen LogP contribution in [0.3, 0.4) is 0 Å². The number of benzene rings is 1. The van der Waals surface area contributed by atoms with E-state index >= 15 is 0 Å². The number of carbonyl (C=O) groups is 1. The maximum Gasteiger partial charge on any atom is 0.317 e. The zero-order chi connectivity index (χ0) is 15.2. The van der Waals surface area contributed by atoms with Gasteiger partial charge in [0.15, 0.2) is 0 Å². The standard InChI is InChI=1S/C18H27NO2/c1-13(2)18(19-12-17(20)21)16-10-8-15(9-11-16)14-6-4-3-5-7-14/h8-11,13-14,18-19H,3-7,12H2,1-2H3,(H,20,21). The maximum atomic E-state index is 10.8. The Kier molecular flexibility index (Phi) is 5.80. The Morgan fingerprint density at radius 1 is 1.19 bits per heavy atom. The molecule has 0 saturated heterocycles. The molecule has 3 heteroatoms. The van der Waals surface area contributed by atoms with Crippen LogP contribution in [-0.4, -0.2) is 17.6 Å². The number of carboxylic acids is 1. The molecule has 1 unspecified atom stereocenters. The molecule has 1 fully saturated rings. The summed E-state index contributed by atoms with van der Waals surface area (Å²) in [7, 11) is 0. The minimum Gasteiger partial charge on any atom is -0.480 e. The molecule has 0 amide bonds. The van der Waals surface area contributed by atoms with Crippen LogP contribution in [0.5, 0.6) is 0 Å². The molecule has 0 spiro atoms. The maximum absolute atomic E-state index is 10.8. The average Bonchev–Trinajstić information content (AvgIpc) is 2.48. The number of hydrogen-bond donors (Lipinski definition) is 2. The van der Waals surface area contributed by atoms with Crippen LogP contribution in [0.4, 0.5) is 0 Å². The molecule has 116 valence electrons. The minimum atomic E-state index is -0.806. The largest absolute Gasteiger partial charge is 0.480 e. The van der Waals surface area contributed by atoms with Gasteiger partial charge in [-0.2, -0.15) is 0 Å². The van der Waals surface area contributed by atoms with Crippen molar-refractivity contribution in [2.24, 2.45) is 5.92 Å². The average molecular weight is 289 g/mol. The van der Waals surface area contributed by atoms with Crippen molar-refractivity contribution < 1.29 is 9.90 Å². The van der Waals surface area contributed by atoms with Crippen LogP contribution in [-0.2, 0) is 4.79 Å². The summed E-state index contributed by atoms with van der Waals surface area (Å²) in [5, 5.41) is 12.0. The number of hydrogen-bond acceptors (Lipinski definition) is 2. The van der Waals surface area contributed by atoms with E-state index in [2.05, 4.69) is 43.4 Å². The van der Waals surface area contributed by atoms with E-state index in [1.165, 1.54) is 43.2 Å².